The highest BCUT2D eigenvalue weighted by Crippen LogP contribution is 1.94. The summed E-state index contributed by atoms with van der Waals surface area (Å²) in [4.78, 5) is 66.9. The highest BCUT2D eigenvalue weighted by molar-refractivity contribution is 5.94. The number of amides is 4. The fraction of sp³-hybridized carbons (Fsp3) is 0.500. The summed E-state index contributed by atoms with van der Waals surface area (Å²) in [6.07, 6.45) is -1.40. The van der Waals surface area contributed by atoms with E-state index in [0.717, 1.165) is 0 Å². The van der Waals surface area contributed by atoms with Crippen LogP contribution in [0.5, 0.6) is 0 Å². The van der Waals surface area contributed by atoms with Gasteiger partial charge in [-0.05, 0) is 0 Å². The van der Waals surface area contributed by atoms with Crippen LogP contribution in [0.2, 0.25) is 0 Å². The van der Waals surface area contributed by atoms with E-state index in [1.165, 1.54) is 0 Å². The van der Waals surface area contributed by atoms with Gasteiger partial charge in [0, 0.05) is 0 Å². The van der Waals surface area contributed by atoms with Crippen molar-refractivity contribution in [1.82, 2.24) is 16.0 Å². The maximum atomic E-state index is 11.9. The van der Waals surface area contributed by atoms with Crippen LogP contribution in [0.15, 0.2) is 0 Å². The number of carboxylic acids is 2. The largest absolute Gasteiger partial charge is 0.481 e. The quantitative estimate of drug-likeness (QED) is 0.187. The molecule has 0 heterocycles. The SMILES string of the molecule is NCC(=O)N[C@@H](CC(N)=O)C(=O)NCC(=O)N[C@@H](CC(=O)O)C(=O)O. The predicted octanol–water partition coefficient (Wildman–Crippen LogP) is -4.53. The smallest absolute Gasteiger partial charge is 0.326 e. The zero-order chi connectivity index (χ0) is 19.6. The summed E-state index contributed by atoms with van der Waals surface area (Å²) in [7, 11) is 0. The Morgan fingerprint density at radius 2 is 1.44 bits per heavy atom. The van der Waals surface area contributed by atoms with E-state index in [0.29, 0.717) is 0 Å². The number of carboxylic acid groups (broad SMARTS) is 2. The van der Waals surface area contributed by atoms with E-state index >= 15 is 0 Å². The van der Waals surface area contributed by atoms with Crippen molar-refractivity contribution >= 4 is 35.6 Å². The second-order valence-corrected chi connectivity index (χ2v) is 4.77. The zero-order valence-electron chi connectivity index (χ0n) is 13.0. The number of hydrogen-bond donors (Lipinski definition) is 7. The third kappa shape index (κ3) is 9.50. The van der Waals surface area contributed by atoms with E-state index in [-0.39, 0.29) is 0 Å². The third-order valence-corrected chi connectivity index (χ3v) is 2.68. The van der Waals surface area contributed by atoms with Crippen molar-refractivity contribution in [2.75, 3.05) is 13.1 Å². The molecule has 4 amide bonds. The normalized spacial score (nSPS) is 12.4. The lowest BCUT2D eigenvalue weighted by atomic mass is 10.1. The minimum Gasteiger partial charge on any atom is -0.481 e. The number of carbonyl (C=O) groups excluding carboxylic acids is 4. The molecule has 0 aliphatic rings. The molecule has 13 heteroatoms. The lowest BCUT2D eigenvalue weighted by Gasteiger charge is -2.17. The maximum Gasteiger partial charge on any atom is 0.326 e. The van der Waals surface area contributed by atoms with Gasteiger partial charge in [0.05, 0.1) is 25.9 Å². The summed E-state index contributed by atoms with van der Waals surface area (Å²) in [5, 5.41) is 23.4. The van der Waals surface area contributed by atoms with E-state index in [2.05, 4.69) is 10.6 Å². The second-order valence-electron chi connectivity index (χ2n) is 4.77. The summed E-state index contributed by atoms with van der Waals surface area (Å²) in [5.41, 5.74) is 10.0. The van der Waals surface area contributed by atoms with E-state index < -0.39 is 73.6 Å². The molecule has 0 unspecified atom stereocenters. The molecule has 0 fully saturated rings. The van der Waals surface area contributed by atoms with Gasteiger partial charge < -0.3 is 37.6 Å². The van der Waals surface area contributed by atoms with Crippen LogP contribution in [0.1, 0.15) is 12.8 Å². The van der Waals surface area contributed by atoms with Gasteiger partial charge in [-0.1, -0.05) is 0 Å². The van der Waals surface area contributed by atoms with E-state index in [1.54, 1.807) is 0 Å². The van der Waals surface area contributed by atoms with Crippen molar-refractivity contribution in [3.05, 3.63) is 0 Å². The van der Waals surface area contributed by atoms with Crippen molar-refractivity contribution in [1.29, 1.82) is 0 Å². The number of nitrogens with two attached hydrogens (primary N) is 2. The van der Waals surface area contributed by atoms with Crippen LogP contribution >= 0.6 is 0 Å². The van der Waals surface area contributed by atoms with Gasteiger partial charge in [0.1, 0.15) is 12.1 Å². The first-order chi connectivity index (χ1) is 11.6. The van der Waals surface area contributed by atoms with Crippen LogP contribution in [-0.2, 0) is 28.8 Å². The Labute approximate surface area is 141 Å². The first kappa shape index (κ1) is 21.8. The molecule has 0 aromatic carbocycles. The second kappa shape index (κ2) is 10.5. The fourth-order valence-corrected chi connectivity index (χ4v) is 1.57. The van der Waals surface area contributed by atoms with Crippen LogP contribution in [-0.4, -0.2) is 71.0 Å². The highest BCUT2D eigenvalue weighted by Gasteiger charge is 2.25. The van der Waals surface area contributed by atoms with Gasteiger partial charge in [-0.3, -0.25) is 24.0 Å². The van der Waals surface area contributed by atoms with E-state index in [1.807, 2.05) is 5.32 Å². The summed E-state index contributed by atoms with van der Waals surface area (Å²) in [6, 6.07) is -3.05. The van der Waals surface area contributed by atoms with Gasteiger partial charge in [0.2, 0.25) is 23.6 Å². The summed E-state index contributed by atoms with van der Waals surface area (Å²) in [5.74, 6) is -6.55. The van der Waals surface area contributed by atoms with Gasteiger partial charge in [-0.2, -0.15) is 0 Å². The molecule has 9 N–H and O–H groups in total. The number of rotatable bonds is 11. The Bertz CT molecular complexity index is 564. The molecule has 0 aliphatic heterocycles. The first-order valence-electron chi connectivity index (χ1n) is 6.86. The Kier molecular flexibility index (Phi) is 9.18. The zero-order valence-corrected chi connectivity index (χ0v) is 13.0. The molecule has 2 atom stereocenters. The van der Waals surface area contributed by atoms with Crippen molar-refractivity contribution in [2.24, 2.45) is 11.5 Å². The molecule has 25 heavy (non-hydrogen) atoms. The number of aliphatic carboxylic acids is 2. The van der Waals surface area contributed by atoms with Crippen LogP contribution in [0.4, 0.5) is 0 Å². The summed E-state index contributed by atoms with van der Waals surface area (Å²) < 4.78 is 0. The molecule has 0 bridgehead atoms. The first-order valence-corrected chi connectivity index (χ1v) is 6.86. The molecule has 0 aromatic rings. The van der Waals surface area contributed by atoms with Gasteiger partial charge >= 0.3 is 11.9 Å². The summed E-state index contributed by atoms with van der Waals surface area (Å²) in [6.45, 7) is -1.16. The molecule has 140 valence electrons. The molecule has 0 aromatic heterocycles. The van der Waals surface area contributed by atoms with Gasteiger partial charge in [0.25, 0.3) is 0 Å². The Hall–Kier alpha value is -3.22. The average Bonchev–Trinajstić information content (AvgIpc) is 2.50. The number of nitrogens with one attached hydrogen (secondary N) is 3. The lowest BCUT2D eigenvalue weighted by molar-refractivity contribution is -0.147. The monoisotopic (exact) mass is 361 g/mol. The van der Waals surface area contributed by atoms with Crippen LogP contribution in [0.25, 0.3) is 0 Å². The van der Waals surface area contributed by atoms with E-state index in [4.69, 9.17) is 21.7 Å². The molecule has 0 radical (unpaired) electrons. The van der Waals surface area contributed by atoms with Gasteiger partial charge in [-0.15, -0.1) is 0 Å². The van der Waals surface area contributed by atoms with Gasteiger partial charge in [-0.25, -0.2) is 4.79 Å². The number of primary amides is 1. The number of carbonyl (C=O) groups is 6. The van der Waals surface area contributed by atoms with E-state index in [9.17, 15) is 28.8 Å². The molecular weight excluding hydrogens is 342 g/mol. The fourth-order valence-electron chi connectivity index (χ4n) is 1.57. The minimum atomic E-state index is -1.68. The Balaban J connectivity index is 4.67. The topological polar surface area (TPSA) is 231 Å². The molecular formula is C12H19N5O8. The molecule has 0 saturated heterocycles. The third-order valence-electron chi connectivity index (χ3n) is 2.68. The molecule has 13 nitrogen and oxygen atoms in total. The predicted molar refractivity (Wildman–Crippen MR) is 79.6 cm³/mol. The molecule has 0 rings (SSSR count). The maximum absolute atomic E-state index is 11.9. The Morgan fingerprint density at radius 3 is 1.88 bits per heavy atom. The molecule has 0 spiro atoms. The lowest BCUT2D eigenvalue weighted by Crippen LogP contribution is -2.52. The van der Waals surface area contributed by atoms with Crippen LogP contribution in [0.3, 0.4) is 0 Å². The number of hydrogen-bond acceptors (Lipinski definition) is 7. The van der Waals surface area contributed by atoms with Crippen LogP contribution in [0, 0.1) is 0 Å². The van der Waals surface area contributed by atoms with Crippen molar-refractivity contribution < 1.29 is 39.0 Å². The van der Waals surface area contributed by atoms with Crippen molar-refractivity contribution in [3.8, 4) is 0 Å². The highest BCUT2D eigenvalue weighted by atomic mass is 16.4. The standard InChI is InChI=1S/C12H19N5O8/c13-3-8(19)16-5(1-7(14)18)11(23)15-4-9(20)17-6(12(24)25)2-10(21)22/h5-6H,1-4,13H2,(H2,14,18)(H,15,23)(H,16,19)(H,17,20)(H,21,22)(H,24,25)/t5-,6-/m0/s1. The van der Waals surface area contributed by atoms with Crippen LogP contribution < -0.4 is 27.4 Å². The average molecular weight is 361 g/mol. The summed E-state index contributed by atoms with van der Waals surface area (Å²) >= 11 is 0. The Morgan fingerprint density at radius 1 is 0.880 bits per heavy atom. The van der Waals surface area contributed by atoms with Crippen molar-refractivity contribution in [3.63, 3.8) is 0 Å². The van der Waals surface area contributed by atoms with Gasteiger partial charge in [0.15, 0.2) is 0 Å². The molecule has 0 aliphatic carbocycles. The minimum absolute atomic E-state index is 0.446. The molecule has 0 saturated carbocycles. The van der Waals surface area contributed by atoms with Crippen molar-refractivity contribution in [2.45, 2.75) is 24.9 Å².